The Morgan fingerprint density at radius 1 is 1.24 bits per heavy atom. The molecule has 0 bridgehead atoms. The zero-order valence-electron chi connectivity index (χ0n) is 14.3. The number of allylic oxidation sites excluding steroid dienone is 1. The molecule has 1 aliphatic heterocycles. The van der Waals surface area contributed by atoms with Gasteiger partial charge in [-0.2, -0.15) is 0 Å². The summed E-state index contributed by atoms with van der Waals surface area (Å²) in [5.74, 6) is 0. The van der Waals surface area contributed by atoms with Crippen LogP contribution >= 0.6 is 0 Å². The summed E-state index contributed by atoms with van der Waals surface area (Å²) in [7, 11) is 3.85. The fourth-order valence-electron chi connectivity index (χ4n) is 2.89. The average Bonchev–Trinajstić information content (AvgIpc) is 2.79. The van der Waals surface area contributed by atoms with E-state index in [-0.39, 0.29) is 10.6 Å². The zero-order chi connectivity index (χ0) is 17.8. The Bertz CT molecular complexity index is 858. The highest BCUT2D eigenvalue weighted by Crippen LogP contribution is 2.25. The molecule has 1 N–H and O–H groups in total. The number of non-ortho nitro benzene ring substituents is 1. The number of para-hydroxylation sites is 1. The van der Waals surface area contributed by atoms with Crippen LogP contribution in [-0.4, -0.2) is 37.8 Å². The molecule has 0 saturated carbocycles. The van der Waals surface area contributed by atoms with E-state index >= 15 is 0 Å². The van der Waals surface area contributed by atoms with Crippen molar-refractivity contribution in [1.29, 1.82) is 0 Å². The van der Waals surface area contributed by atoms with Crippen LogP contribution in [-0.2, 0) is 0 Å². The van der Waals surface area contributed by atoms with Gasteiger partial charge in [-0.05, 0) is 18.2 Å². The Morgan fingerprint density at radius 3 is 2.80 bits per heavy atom. The van der Waals surface area contributed by atoms with Crippen LogP contribution in [0.5, 0.6) is 0 Å². The van der Waals surface area contributed by atoms with Gasteiger partial charge in [0, 0.05) is 55.3 Å². The molecular formula is C19H20N4O2. The molecule has 1 aliphatic rings. The van der Waals surface area contributed by atoms with Crippen molar-refractivity contribution in [2.45, 2.75) is 0 Å². The number of rotatable bonds is 4. The van der Waals surface area contributed by atoms with Crippen LogP contribution in [0.1, 0.15) is 11.1 Å². The number of aliphatic imine (C=N–C) groups is 1. The molecule has 0 saturated heterocycles. The molecule has 2 aromatic rings. The number of hydrogen-bond donors (Lipinski definition) is 1. The van der Waals surface area contributed by atoms with Crippen LogP contribution in [0.15, 0.2) is 53.5 Å². The first kappa shape index (κ1) is 16.7. The van der Waals surface area contributed by atoms with Crippen molar-refractivity contribution in [2.75, 3.05) is 37.4 Å². The van der Waals surface area contributed by atoms with E-state index in [0.717, 1.165) is 34.8 Å². The predicted molar refractivity (Wildman–Crippen MR) is 103 cm³/mol. The van der Waals surface area contributed by atoms with Crippen molar-refractivity contribution >= 4 is 28.8 Å². The summed E-state index contributed by atoms with van der Waals surface area (Å²) in [5, 5.41) is 14.1. The second-order valence-corrected chi connectivity index (χ2v) is 5.82. The third-order valence-electron chi connectivity index (χ3n) is 4.24. The number of benzene rings is 2. The lowest BCUT2D eigenvalue weighted by Gasteiger charge is -2.18. The smallest absolute Gasteiger partial charge is 0.270 e. The van der Waals surface area contributed by atoms with E-state index in [4.69, 9.17) is 0 Å². The maximum atomic E-state index is 11.0. The first-order valence-corrected chi connectivity index (χ1v) is 8.09. The van der Waals surface area contributed by atoms with Gasteiger partial charge in [0.15, 0.2) is 0 Å². The van der Waals surface area contributed by atoms with Crippen LogP contribution in [0.4, 0.5) is 17.1 Å². The SMILES string of the molecule is CNc1ccc([N+](=O)[O-])cc1C=CC1=NCCN(C)c2ccccc21. The second kappa shape index (κ2) is 7.17. The highest BCUT2D eigenvalue weighted by molar-refractivity contribution is 6.14. The predicted octanol–water partition coefficient (Wildman–Crippen LogP) is 3.59. The zero-order valence-corrected chi connectivity index (χ0v) is 14.3. The maximum Gasteiger partial charge on any atom is 0.270 e. The molecule has 128 valence electrons. The number of nitrogens with zero attached hydrogens (tertiary/aromatic N) is 3. The molecular weight excluding hydrogens is 316 g/mol. The van der Waals surface area contributed by atoms with Crippen molar-refractivity contribution in [3.63, 3.8) is 0 Å². The topological polar surface area (TPSA) is 70.8 Å². The lowest BCUT2D eigenvalue weighted by molar-refractivity contribution is -0.384. The molecule has 0 atom stereocenters. The molecule has 0 amide bonds. The van der Waals surface area contributed by atoms with Gasteiger partial charge in [0.2, 0.25) is 0 Å². The lowest BCUT2D eigenvalue weighted by atomic mass is 10.0. The van der Waals surface area contributed by atoms with Gasteiger partial charge in [-0.3, -0.25) is 15.1 Å². The molecule has 25 heavy (non-hydrogen) atoms. The van der Waals surface area contributed by atoms with Gasteiger partial charge >= 0.3 is 0 Å². The molecule has 0 aliphatic carbocycles. The van der Waals surface area contributed by atoms with Crippen LogP contribution in [0.2, 0.25) is 0 Å². The van der Waals surface area contributed by atoms with Crippen LogP contribution < -0.4 is 10.2 Å². The molecule has 6 nitrogen and oxygen atoms in total. The molecule has 0 unspecified atom stereocenters. The summed E-state index contributed by atoms with van der Waals surface area (Å²) in [6.07, 6.45) is 3.80. The third-order valence-corrected chi connectivity index (χ3v) is 4.24. The fourth-order valence-corrected chi connectivity index (χ4v) is 2.89. The molecule has 0 aromatic heterocycles. The monoisotopic (exact) mass is 336 g/mol. The number of hydrogen-bond acceptors (Lipinski definition) is 5. The van der Waals surface area contributed by atoms with Crippen LogP contribution in [0, 0.1) is 10.1 Å². The minimum Gasteiger partial charge on any atom is -0.388 e. The molecule has 0 spiro atoms. The van der Waals surface area contributed by atoms with Gasteiger partial charge in [0.1, 0.15) is 0 Å². The number of nitrogens with one attached hydrogen (secondary N) is 1. The summed E-state index contributed by atoms with van der Waals surface area (Å²) in [6.45, 7) is 1.56. The summed E-state index contributed by atoms with van der Waals surface area (Å²) in [5.41, 5.74) is 4.75. The third kappa shape index (κ3) is 3.52. The van der Waals surface area contributed by atoms with Gasteiger partial charge in [0.05, 0.1) is 17.2 Å². The average molecular weight is 336 g/mol. The molecule has 6 heteroatoms. The lowest BCUT2D eigenvalue weighted by Crippen LogP contribution is -2.20. The number of fused-ring (bicyclic) bond motifs is 1. The summed E-state index contributed by atoms with van der Waals surface area (Å²) in [6, 6.07) is 12.9. The van der Waals surface area contributed by atoms with Gasteiger partial charge in [-0.1, -0.05) is 24.3 Å². The molecule has 0 fully saturated rings. The quantitative estimate of drug-likeness (QED) is 0.684. The second-order valence-electron chi connectivity index (χ2n) is 5.82. The number of nitro groups is 1. The number of anilines is 2. The minimum atomic E-state index is -0.385. The van der Waals surface area contributed by atoms with E-state index in [9.17, 15) is 10.1 Å². The maximum absolute atomic E-state index is 11.0. The Labute approximate surface area is 146 Å². The highest BCUT2D eigenvalue weighted by Gasteiger charge is 2.14. The molecule has 1 heterocycles. The Kier molecular flexibility index (Phi) is 4.79. The van der Waals surface area contributed by atoms with E-state index in [1.165, 1.54) is 6.07 Å². The summed E-state index contributed by atoms with van der Waals surface area (Å²) < 4.78 is 0. The van der Waals surface area contributed by atoms with E-state index in [0.29, 0.717) is 6.54 Å². The van der Waals surface area contributed by atoms with E-state index in [1.54, 1.807) is 19.2 Å². The van der Waals surface area contributed by atoms with Gasteiger partial charge in [0.25, 0.3) is 5.69 Å². The Balaban J connectivity index is 1.99. The van der Waals surface area contributed by atoms with Gasteiger partial charge in [-0.25, -0.2) is 0 Å². The Hall–Kier alpha value is -3.15. The number of nitro benzene ring substituents is 1. The summed E-state index contributed by atoms with van der Waals surface area (Å²) in [4.78, 5) is 17.5. The van der Waals surface area contributed by atoms with Gasteiger partial charge < -0.3 is 10.2 Å². The normalized spacial score (nSPS) is 14.0. The van der Waals surface area contributed by atoms with Gasteiger partial charge in [-0.15, -0.1) is 0 Å². The minimum absolute atomic E-state index is 0.0709. The van der Waals surface area contributed by atoms with Crippen molar-refractivity contribution in [2.24, 2.45) is 4.99 Å². The molecule has 2 aromatic carbocycles. The van der Waals surface area contributed by atoms with E-state index in [1.807, 2.05) is 30.4 Å². The molecule has 3 rings (SSSR count). The first-order valence-electron chi connectivity index (χ1n) is 8.09. The number of benzodiazepines with no additional fused rings is 1. The van der Waals surface area contributed by atoms with Crippen LogP contribution in [0.3, 0.4) is 0 Å². The largest absolute Gasteiger partial charge is 0.388 e. The van der Waals surface area contributed by atoms with Crippen LogP contribution in [0.25, 0.3) is 6.08 Å². The Morgan fingerprint density at radius 2 is 2.04 bits per heavy atom. The number of likely N-dealkylation sites (N-methyl/N-ethyl adjacent to an activating group) is 1. The standard InChI is InChI=1S/C19H20N4O2/c1-20-17-10-8-15(23(24)25)13-14(17)7-9-18-16-5-3-4-6-19(16)22(2)12-11-21-18/h3-10,13,20H,11-12H2,1-2H3. The van der Waals surface area contributed by atoms with E-state index < -0.39 is 0 Å². The van der Waals surface area contributed by atoms with Crippen molar-refractivity contribution < 1.29 is 4.92 Å². The van der Waals surface area contributed by atoms with Crippen molar-refractivity contribution in [1.82, 2.24) is 0 Å². The fraction of sp³-hybridized carbons (Fsp3) is 0.211. The highest BCUT2D eigenvalue weighted by atomic mass is 16.6. The van der Waals surface area contributed by atoms with Crippen molar-refractivity contribution in [3.8, 4) is 0 Å². The van der Waals surface area contributed by atoms with E-state index in [2.05, 4.69) is 28.3 Å². The molecule has 0 radical (unpaired) electrons. The van der Waals surface area contributed by atoms with Crippen molar-refractivity contribution in [3.05, 3.63) is 69.8 Å². The summed E-state index contributed by atoms with van der Waals surface area (Å²) >= 11 is 0. The first-order chi connectivity index (χ1) is 12.1.